The number of ether oxygens (including phenoxy) is 1. The van der Waals surface area contributed by atoms with Gasteiger partial charge in [0.05, 0.1) is 12.6 Å². The number of carbonyl (C=O) groups is 2. The first-order chi connectivity index (χ1) is 7.26. The van der Waals surface area contributed by atoms with E-state index < -0.39 is 17.7 Å². The Bertz CT molecular complexity index is 295. The second-order valence-corrected chi connectivity index (χ2v) is 5.16. The molecule has 1 N–H and O–H groups in total. The van der Waals surface area contributed by atoms with Gasteiger partial charge in [-0.25, -0.2) is 9.69 Å². The number of imide groups is 1. The molecule has 1 fully saturated rings. The van der Waals surface area contributed by atoms with Crippen molar-refractivity contribution in [3.8, 4) is 0 Å². The summed E-state index contributed by atoms with van der Waals surface area (Å²) in [6.07, 6.45) is -0.171. The SMILES string of the molecule is C[C@H]1C[C@@H](CO)N(C(=O)OC(C)(C)C)C1=O. The van der Waals surface area contributed by atoms with Crippen molar-refractivity contribution in [2.24, 2.45) is 5.92 Å². The molecule has 0 aromatic heterocycles. The van der Waals surface area contributed by atoms with Crippen LogP contribution >= 0.6 is 0 Å². The van der Waals surface area contributed by atoms with Crippen LogP contribution < -0.4 is 0 Å². The number of amides is 2. The third kappa shape index (κ3) is 2.72. The zero-order valence-corrected chi connectivity index (χ0v) is 10.2. The molecule has 0 unspecified atom stereocenters. The van der Waals surface area contributed by atoms with E-state index in [4.69, 9.17) is 9.84 Å². The van der Waals surface area contributed by atoms with E-state index in [-0.39, 0.29) is 18.4 Å². The lowest BCUT2D eigenvalue weighted by atomic mass is 10.1. The molecule has 2 atom stereocenters. The van der Waals surface area contributed by atoms with Crippen molar-refractivity contribution in [1.82, 2.24) is 4.90 Å². The minimum absolute atomic E-state index is 0.213. The first-order valence-corrected chi connectivity index (χ1v) is 5.43. The normalized spacial score (nSPS) is 26.1. The van der Waals surface area contributed by atoms with E-state index in [1.807, 2.05) is 0 Å². The van der Waals surface area contributed by atoms with E-state index in [0.717, 1.165) is 4.90 Å². The predicted octanol–water partition coefficient (Wildman–Crippen LogP) is 1.15. The third-order valence-electron chi connectivity index (χ3n) is 2.45. The van der Waals surface area contributed by atoms with Crippen molar-refractivity contribution >= 4 is 12.0 Å². The summed E-state index contributed by atoms with van der Waals surface area (Å²) in [6, 6.07) is -0.447. The molecule has 1 rings (SSSR count). The summed E-state index contributed by atoms with van der Waals surface area (Å²) in [5.74, 6) is -0.502. The molecule has 0 aromatic rings. The molecule has 2 amide bonds. The number of likely N-dealkylation sites (tertiary alicyclic amines) is 1. The van der Waals surface area contributed by atoms with Gasteiger partial charge in [0.1, 0.15) is 5.60 Å². The van der Waals surface area contributed by atoms with Gasteiger partial charge in [0.2, 0.25) is 5.91 Å². The van der Waals surface area contributed by atoms with Gasteiger partial charge in [-0.3, -0.25) is 4.79 Å². The largest absolute Gasteiger partial charge is 0.443 e. The lowest BCUT2D eigenvalue weighted by Gasteiger charge is -2.26. The van der Waals surface area contributed by atoms with Gasteiger partial charge in [-0.1, -0.05) is 6.92 Å². The van der Waals surface area contributed by atoms with Crippen molar-refractivity contribution < 1.29 is 19.4 Å². The maximum absolute atomic E-state index is 11.8. The van der Waals surface area contributed by atoms with E-state index in [1.165, 1.54) is 0 Å². The molecule has 0 radical (unpaired) electrons. The van der Waals surface area contributed by atoms with Crippen LogP contribution in [0.2, 0.25) is 0 Å². The van der Waals surface area contributed by atoms with Crippen molar-refractivity contribution in [3.05, 3.63) is 0 Å². The molecule has 16 heavy (non-hydrogen) atoms. The van der Waals surface area contributed by atoms with E-state index in [0.29, 0.717) is 6.42 Å². The molecule has 1 saturated heterocycles. The zero-order valence-electron chi connectivity index (χ0n) is 10.2. The molecule has 92 valence electrons. The number of hydrogen-bond donors (Lipinski definition) is 1. The molecule has 0 spiro atoms. The van der Waals surface area contributed by atoms with Gasteiger partial charge < -0.3 is 9.84 Å². The highest BCUT2D eigenvalue weighted by Crippen LogP contribution is 2.26. The molecule has 1 heterocycles. The summed E-state index contributed by atoms with van der Waals surface area (Å²) < 4.78 is 5.13. The van der Waals surface area contributed by atoms with Gasteiger partial charge >= 0.3 is 6.09 Å². The quantitative estimate of drug-likeness (QED) is 0.732. The molecule has 0 aromatic carbocycles. The highest BCUT2D eigenvalue weighted by molar-refractivity contribution is 5.95. The van der Waals surface area contributed by atoms with Crippen LogP contribution in [0.15, 0.2) is 0 Å². The number of nitrogens with zero attached hydrogens (tertiary/aromatic N) is 1. The van der Waals surface area contributed by atoms with Crippen LogP contribution in [0.25, 0.3) is 0 Å². The number of carbonyl (C=O) groups excluding carboxylic acids is 2. The van der Waals surface area contributed by atoms with Crippen LogP contribution in [0.5, 0.6) is 0 Å². The standard InChI is InChI=1S/C11H19NO4/c1-7-5-8(6-13)12(9(7)14)10(15)16-11(2,3)4/h7-8,13H,5-6H2,1-4H3/t7-,8-/m0/s1. The number of aliphatic hydroxyl groups excluding tert-OH is 1. The summed E-state index contributed by atoms with van der Waals surface area (Å²) in [4.78, 5) is 24.5. The van der Waals surface area contributed by atoms with Crippen LogP contribution in [-0.4, -0.2) is 40.3 Å². The van der Waals surface area contributed by atoms with Crippen LogP contribution in [-0.2, 0) is 9.53 Å². The van der Waals surface area contributed by atoms with Crippen LogP contribution in [0.3, 0.4) is 0 Å². The molecule has 0 bridgehead atoms. The Morgan fingerprint density at radius 2 is 2.12 bits per heavy atom. The Labute approximate surface area is 95.4 Å². The Morgan fingerprint density at radius 1 is 1.56 bits per heavy atom. The Morgan fingerprint density at radius 3 is 2.56 bits per heavy atom. The fourth-order valence-corrected chi connectivity index (χ4v) is 1.74. The fraction of sp³-hybridized carbons (Fsp3) is 0.818. The average molecular weight is 229 g/mol. The molecular weight excluding hydrogens is 210 g/mol. The molecule has 0 aliphatic carbocycles. The van der Waals surface area contributed by atoms with Gasteiger partial charge in [-0.15, -0.1) is 0 Å². The summed E-state index contributed by atoms with van der Waals surface area (Å²) >= 11 is 0. The Kier molecular flexibility index (Phi) is 3.57. The average Bonchev–Trinajstić information content (AvgIpc) is 2.40. The molecular formula is C11H19NO4. The van der Waals surface area contributed by atoms with Crippen molar-refractivity contribution in [2.75, 3.05) is 6.61 Å². The summed E-state index contributed by atoms with van der Waals surface area (Å²) in [5, 5.41) is 9.12. The first kappa shape index (κ1) is 13.0. The summed E-state index contributed by atoms with van der Waals surface area (Å²) in [5.41, 5.74) is -0.636. The molecule has 1 aliphatic rings. The zero-order chi connectivity index (χ0) is 12.5. The van der Waals surface area contributed by atoms with Gasteiger partial charge in [0.25, 0.3) is 0 Å². The third-order valence-corrected chi connectivity index (χ3v) is 2.45. The smallest absolute Gasteiger partial charge is 0.417 e. The van der Waals surface area contributed by atoms with Gasteiger partial charge in [0.15, 0.2) is 0 Å². The van der Waals surface area contributed by atoms with Crippen molar-refractivity contribution in [1.29, 1.82) is 0 Å². The minimum Gasteiger partial charge on any atom is -0.443 e. The maximum atomic E-state index is 11.8. The fourth-order valence-electron chi connectivity index (χ4n) is 1.74. The van der Waals surface area contributed by atoms with Crippen LogP contribution in [0.1, 0.15) is 34.1 Å². The van der Waals surface area contributed by atoms with Crippen LogP contribution in [0.4, 0.5) is 4.79 Å². The molecule has 5 nitrogen and oxygen atoms in total. The Balaban J connectivity index is 2.77. The highest BCUT2D eigenvalue weighted by Gasteiger charge is 2.42. The number of aliphatic hydroxyl groups is 1. The topological polar surface area (TPSA) is 66.8 Å². The second-order valence-electron chi connectivity index (χ2n) is 5.16. The van der Waals surface area contributed by atoms with Gasteiger partial charge in [-0.2, -0.15) is 0 Å². The summed E-state index contributed by atoms with van der Waals surface area (Å²) in [7, 11) is 0. The van der Waals surface area contributed by atoms with E-state index in [1.54, 1.807) is 27.7 Å². The monoisotopic (exact) mass is 229 g/mol. The van der Waals surface area contributed by atoms with Gasteiger partial charge in [-0.05, 0) is 27.2 Å². The van der Waals surface area contributed by atoms with E-state index >= 15 is 0 Å². The Hall–Kier alpha value is -1.10. The first-order valence-electron chi connectivity index (χ1n) is 5.43. The van der Waals surface area contributed by atoms with E-state index in [9.17, 15) is 9.59 Å². The molecule has 1 aliphatic heterocycles. The summed E-state index contributed by atoms with van der Waals surface area (Å²) in [6.45, 7) is 6.75. The van der Waals surface area contributed by atoms with Crippen LogP contribution in [0, 0.1) is 5.92 Å². The lowest BCUT2D eigenvalue weighted by molar-refractivity contribution is -0.131. The predicted molar refractivity (Wildman–Crippen MR) is 57.7 cm³/mol. The van der Waals surface area contributed by atoms with Crippen molar-refractivity contribution in [3.63, 3.8) is 0 Å². The number of rotatable bonds is 1. The molecule has 0 saturated carbocycles. The number of hydrogen-bond acceptors (Lipinski definition) is 4. The lowest BCUT2D eigenvalue weighted by Crippen LogP contribution is -2.44. The second kappa shape index (κ2) is 4.41. The minimum atomic E-state index is -0.666. The van der Waals surface area contributed by atoms with Gasteiger partial charge in [0, 0.05) is 5.92 Å². The van der Waals surface area contributed by atoms with Crippen molar-refractivity contribution in [2.45, 2.75) is 45.8 Å². The highest BCUT2D eigenvalue weighted by atomic mass is 16.6. The van der Waals surface area contributed by atoms with E-state index in [2.05, 4.69) is 0 Å². The maximum Gasteiger partial charge on any atom is 0.417 e. The molecule has 5 heteroatoms.